The molecule has 0 N–H and O–H groups in total. The summed E-state index contributed by atoms with van der Waals surface area (Å²) < 4.78 is 6.53. The first-order valence-corrected chi connectivity index (χ1v) is 10.6. The monoisotopic (exact) mass is 305 g/mol. The molecule has 1 amide bonds. The number of rotatable bonds is 2. The van der Waals surface area contributed by atoms with Gasteiger partial charge in [-0.1, -0.05) is 39.0 Å². The Bertz CT molecular complexity index is 534. The van der Waals surface area contributed by atoms with Crippen LogP contribution >= 0.6 is 0 Å². The minimum absolute atomic E-state index is 0.0889. The molecule has 1 aliphatic heterocycles. The van der Waals surface area contributed by atoms with Gasteiger partial charge in [-0.15, -0.1) is 0 Å². The van der Waals surface area contributed by atoms with Crippen molar-refractivity contribution in [3.63, 3.8) is 0 Å². The summed E-state index contributed by atoms with van der Waals surface area (Å²) in [6.45, 7) is 13.6. The number of nitrogens with zero attached hydrogens (tertiary/aromatic N) is 1. The van der Waals surface area contributed by atoms with Gasteiger partial charge in [0.2, 0.25) is 5.91 Å². The molecule has 0 unspecified atom stereocenters. The number of anilines is 1. The van der Waals surface area contributed by atoms with Crippen molar-refractivity contribution in [3.05, 3.63) is 29.8 Å². The van der Waals surface area contributed by atoms with Gasteiger partial charge in [0, 0.05) is 19.0 Å². The van der Waals surface area contributed by atoms with E-state index in [1.54, 1.807) is 6.92 Å². The molecule has 1 atom stereocenters. The van der Waals surface area contributed by atoms with Gasteiger partial charge in [-0.05, 0) is 29.8 Å². The summed E-state index contributed by atoms with van der Waals surface area (Å²) in [5.41, 5.74) is 2.25. The van der Waals surface area contributed by atoms with Crippen molar-refractivity contribution in [2.75, 3.05) is 11.4 Å². The lowest BCUT2D eigenvalue weighted by atomic mass is 10.00. The molecular weight excluding hydrogens is 278 g/mol. The largest absolute Gasteiger partial charge is 0.412 e. The first-order valence-electron chi connectivity index (χ1n) is 7.65. The van der Waals surface area contributed by atoms with Gasteiger partial charge in [0.15, 0.2) is 8.32 Å². The van der Waals surface area contributed by atoms with Crippen LogP contribution in [0.3, 0.4) is 0 Å². The van der Waals surface area contributed by atoms with Gasteiger partial charge in [0.25, 0.3) is 0 Å². The van der Waals surface area contributed by atoms with Crippen LogP contribution in [0.5, 0.6) is 0 Å². The van der Waals surface area contributed by atoms with Crippen molar-refractivity contribution in [3.8, 4) is 0 Å². The summed E-state index contributed by atoms with van der Waals surface area (Å²) in [4.78, 5) is 13.8. The molecule has 3 nitrogen and oxygen atoms in total. The fraction of sp³-hybridized carbons (Fsp3) is 0.588. The number of fused-ring (bicyclic) bond motifs is 1. The minimum atomic E-state index is -1.82. The predicted octanol–water partition coefficient (Wildman–Crippen LogP) is 3.99. The molecule has 116 valence electrons. The second kappa shape index (κ2) is 5.58. The van der Waals surface area contributed by atoms with Gasteiger partial charge >= 0.3 is 0 Å². The third-order valence-corrected chi connectivity index (χ3v) is 9.30. The van der Waals surface area contributed by atoms with E-state index in [1.807, 2.05) is 23.1 Å². The van der Waals surface area contributed by atoms with Gasteiger partial charge in [-0.25, -0.2) is 0 Å². The molecule has 2 rings (SSSR count). The van der Waals surface area contributed by atoms with Crippen LogP contribution < -0.4 is 4.90 Å². The highest BCUT2D eigenvalue weighted by molar-refractivity contribution is 6.74. The highest BCUT2D eigenvalue weighted by Gasteiger charge is 2.40. The summed E-state index contributed by atoms with van der Waals surface area (Å²) >= 11 is 0. The lowest BCUT2D eigenvalue weighted by Gasteiger charge is -2.42. The van der Waals surface area contributed by atoms with Crippen molar-refractivity contribution in [1.82, 2.24) is 0 Å². The molecule has 1 aromatic carbocycles. The fourth-order valence-corrected chi connectivity index (χ4v) is 3.87. The van der Waals surface area contributed by atoms with Crippen molar-refractivity contribution in [2.45, 2.75) is 58.4 Å². The average Bonchev–Trinajstić information content (AvgIpc) is 2.35. The zero-order chi connectivity index (χ0) is 15.8. The Morgan fingerprint density at radius 3 is 2.48 bits per heavy atom. The van der Waals surface area contributed by atoms with Crippen LogP contribution in [-0.4, -0.2) is 26.9 Å². The maximum Gasteiger partial charge on any atom is 0.223 e. The second-order valence-electron chi connectivity index (χ2n) is 7.46. The van der Waals surface area contributed by atoms with Crippen LogP contribution in [-0.2, 0) is 15.6 Å². The predicted molar refractivity (Wildman–Crippen MR) is 90.2 cm³/mol. The van der Waals surface area contributed by atoms with Crippen LogP contribution in [0.1, 0.15) is 33.3 Å². The normalized spacial score (nSPS) is 19.3. The molecule has 0 saturated carbocycles. The maximum absolute atomic E-state index is 12.0. The Balaban J connectivity index is 2.24. The van der Waals surface area contributed by atoms with E-state index >= 15 is 0 Å². The van der Waals surface area contributed by atoms with Gasteiger partial charge < -0.3 is 9.33 Å². The Kier molecular flexibility index (Phi) is 4.31. The highest BCUT2D eigenvalue weighted by Crippen LogP contribution is 2.39. The third-order valence-electron chi connectivity index (χ3n) is 4.76. The second-order valence-corrected chi connectivity index (χ2v) is 12.2. The molecule has 1 aromatic rings. The summed E-state index contributed by atoms with van der Waals surface area (Å²) in [5.74, 6) is 0.0889. The van der Waals surface area contributed by atoms with Crippen molar-refractivity contribution in [2.24, 2.45) is 0 Å². The number of amides is 1. The third kappa shape index (κ3) is 3.38. The first kappa shape index (κ1) is 16.2. The van der Waals surface area contributed by atoms with E-state index in [0.717, 1.165) is 12.1 Å². The lowest BCUT2D eigenvalue weighted by Crippen LogP contribution is -2.50. The Morgan fingerprint density at radius 1 is 1.29 bits per heavy atom. The van der Waals surface area contributed by atoms with Crippen LogP contribution in [0.2, 0.25) is 18.1 Å². The lowest BCUT2D eigenvalue weighted by molar-refractivity contribution is -0.117. The zero-order valence-electron chi connectivity index (χ0n) is 14.1. The standard InChI is InChI=1S/C17H27NO2Si/c1-13(19)18-12-15(20-21(5,6)17(2,3)4)11-14-9-7-8-10-16(14)18/h7-10,15H,11-12H2,1-6H3/t15-/m1/s1. The average molecular weight is 305 g/mol. The Morgan fingerprint density at radius 2 is 1.90 bits per heavy atom. The number of para-hydroxylation sites is 1. The summed E-state index contributed by atoms with van der Waals surface area (Å²) in [5, 5.41) is 0.186. The van der Waals surface area contributed by atoms with Gasteiger partial charge in [0.05, 0.1) is 12.6 Å². The molecule has 0 aliphatic carbocycles. The molecule has 0 aromatic heterocycles. The number of carbonyl (C=O) groups is 1. The van der Waals surface area contributed by atoms with Crippen molar-refractivity contribution < 1.29 is 9.22 Å². The molecule has 21 heavy (non-hydrogen) atoms. The minimum Gasteiger partial charge on any atom is -0.412 e. The van der Waals surface area contributed by atoms with Crippen molar-refractivity contribution in [1.29, 1.82) is 0 Å². The molecule has 4 heteroatoms. The molecule has 0 spiro atoms. The number of hydrogen-bond donors (Lipinski definition) is 0. The first-order chi connectivity index (χ1) is 9.62. The maximum atomic E-state index is 12.0. The van der Waals surface area contributed by atoms with E-state index in [1.165, 1.54) is 5.56 Å². The van der Waals surface area contributed by atoms with Gasteiger partial charge in [0.1, 0.15) is 0 Å². The van der Waals surface area contributed by atoms with Crippen LogP contribution in [0.4, 0.5) is 5.69 Å². The molecule has 0 saturated heterocycles. The van der Waals surface area contributed by atoms with Crippen LogP contribution in [0.25, 0.3) is 0 Å². The summed E-state index contributed by atoms with van der Waals surface area (Å²) in [7, 11) is -1.82. The SMILES string of the molecule is CC(=O)N1C[C@H](O[Si](C)(C)C(C)(C)C)Cc2ccccc21. The van der Waals surface area contributed by atoms with Crippen molar-refractivity contribution >= 4 is 19.9 Å². The molecular formula is C17H27NO2Si. The van der Waals surface area contributed by atoms with E-state index in [4.69, 9.17) is 4.43 Å². The van der Waals surface area contributed by atoms with E-state index in [-0.39, 0.29) is 17.0 Å². The molecule has 1 aliphatic rings. The fourth-order valence-electron chi connectivity index (χ4n) is 2.53. The summed E-state index contributed by atoms with van der Waals surface area (Å²) in [6.07, 6.45) is 0.997. The number of hydrogen-bond acceptors (Lipinski definition) is 2. The molecule has 1 heterocycles. The Hall–Kier alpha value is -1.13. The zero-order valence-corrected chi connectivity index (χ0v) is 15.1. The number of carbonyl (C=O) groups excluding carboxylic acids is 1. The Labute approximate surface area is 129 Å². The van der Waals surface area contributed by atoms with E-state index in [2.05, 4.69) is 39.9 Å². The quantitative estimate of drug-likeness (QED) is 0.773. The topological polar surface area (TPSA) is 29.5 Å². The van der Waals surface area contributed by atoms with Gasteiger partial charge in [-0.3, -0.25) is 4.79 Å². The van der Waals surface area contributed by atoms with E-state index in [0.29, 0.717) is 6.54 Å². The number of benzene rings is 1. The van der Waals surface area contributed by atoms with Crippen LogP contribution in [0.15, 0.2) is 24.3 Å². The van der Waals surface area contributed by atoms with Gasteiger partial charge in [-0.2, -0.15) is 0 Å². The van der Waals surface area contributed by atoms with E-state index in [9.17, 15) is 4.79 Å². The smallest absolute Gasteiger partial charge is 0.223 e. The molecule has 0 radical (unpaired) electrons. The van der Waals surface area contributed by atoms with E-state index < -0.39 is 8.32 Å². The highest BCUT2D eigenvalue weighted by atomic mass is 28.4. The van der Waals surface area contributed by atoms with Crippen LogP contribution in [0, 0.1) is 0 Å². The summed E-state index contributed by atoms with van der Waals surface area (Å²) in [6, 6.07) is 8.15. The molecule has 0 bridgehead atoms. The molecule has 0 fully saturated rings.